The van der Waals surface area contributed by atoms with Gasteiger partial charge in [0.05, 0.1) is 6.04 Å². The van der Waals surface area contributed by atoms with E-state index < -0.39 is 0 Å². The van der Waals surface area contributed by atoms with Crippen LogP contribution >= 0.6 is 0 Å². The Kier molecular flexibility index (Phi) is 4.37. The van der Waals surface area contributed by atoms with Gasteiger partial charge in [0.25, 0.3) is 0 Å². The Balaban J connectivity index is 1.50. The highest BCUT2D eigenvalue weighted by molar-refractivity contribution is 5.74. The molecule has 0 aliphatic heterocycles. The van der Waals surface area contributed by atoms with Gasteiger partial charge in [-0.15, -0.1) is 0 Å². The van der Waals surface area contributed by atoms with Crippen molar-refractivity contribution in [1.29, 1.82) is 0 Å². The zero-order chi connectivity index (χ0) is 15.4. The molecule has 2 amide bonds. The maximum Gasteiger partial charge on any atom is 0.315 e. The molecule has 0 saturated carbocycles. The molecule has 1 unspecified atom stereocenters. The quantitative estimate of drug-likeness (QED) is 0.908. The van der Waals surface area contributed by atoms with E-state index in [0.29, 0.717) is 24.7 Å². The average Bonchev–Trinajstić information content (AvgIpc) is 2.93. The topological polar surface area (TPSA) is 80.0 Å². The predicted molar refractivity (Wildman–Crippen MR) is 81.4 cm³/mol. The second kappa shape index (κ2) is 6.60. The molecule has 1 aliphatic carbocycles. The normalized spacial score (nSPS) is 16.9. The molecule has 22 heavy (non-hydrogen) atoms. The lowest BCUT2D eigenvalue weighted by Crippen LogP contribution is -2.39. The van der Waals surface area contributed by atoms with Gasteiger partial charge in [0.2, 0.25) is 5.89 Å². The van der Waals surface area contributed by atoms with Gasteiger partial charge in [-0.05, 0) is 37.3 Å². The number of fused-ring (bicyclic) bond motifs is 1. The Hall–Kier alpha value is -2.37. The second-order valence-electron chi connectivity index (χ2n) is 5.53. The van der Waals surface area contributed by atoms with Gasteiger partial charge in [-0.25, -0.2) is 4.79 Å². The van der Waals surface area contributed by atoms with Crippen molar-refractivity contribution in [1.82, 2.24) is 20.8 Å². The van der Waals surface area contributed by atoms with Crippen LogP contribution in [0.25, 0.3) is 0 Å². The lowest BCUT2D eigenvalue weighted by Gasteiger charge is -2.26. The van der Waals surface area contributed by atoms with Gasteiger partial charge in [-0.3, -0.25) is 0 Å². The first kappa shape index (κ1) is 14.6. The van der Waals surface area contributed by atoms with Crippen LogP contribution < -0.4 is 10.6 Å². The van der Waals surface area contributed by atoms with Crippen LogP contribution in [0.15, 0.2) is 28.8 Å². The van der Waals surface area contributed by atoms with E-state index in [1.54, 1.807) is 6.92 Å². The highest BCUT2D eigenvalue weighted by atomic mass is 16.5. The molecule has 0 bridgehead atoms. The number of aryl methyl sites for hydroxylation is 2. The summed E-state index contributed by atoms with van der Waals surface area (Å²) in [6.07, 6.45) is 3.71. The minimum atomic E-state index is -0.155. The third-order valence-electron chi connectivity index (χ3n) is 3.87. The summed E-state index contributed by atoms with van der Waals surface area (Å²) in [5, 5.41) is 9.61. The summed E-state index contributed by atoms with van der Waals surface area (Å²) in [6, 6.07) is 8.25. The highest BCUT2D eigenvalue weighted by Gasteiger charge is 2.21. The number of rotatable bonds is 4. The van der Waals surface area contributed by atoms with E-state index in [-0.39, 0.29) is 12.1 Å². The van der Waals surface area contributed by atoms with Gasteiger partial charge in [-0.1, -0.05) is 29.4 Å². The molecular weight excluding hydrogens is 280 g/mol. The fourth-order valence-electron chi connectivity index (χ4n) is 2.84. The van der Waals surface area contributed by atoms with E-state index in [2.05, 4.69) is 32.9 Å². The van der Waals surface area contributed by atoms with E-state index in [0.717, 1.165) is 19.3 Å². The number of carbonyl (C=O) groups is 1. The monoisotopic (exact) mass is 300 g/mol. The Bertz CT molecular complexity index is 653. The molecule has 2 aromatic rings. The minimum Gasteiger partial charge on any atom is -0.339 e. The predicted octanol–water partition coefficient (Wildman–Crippen LogP) is 2.30. The molecule has 6 heteroatoms. The number of hydrogen-bond donors (Lipinski definition) is 2. The van der Waals surface area contributed by atoms with Crippen LogP contribution in [0.3, 0.4) is 0 Å². The van der Waals surface area contributed by atoms with Crippen LogP contribution in [0.2, 0.25) is 0 Å². The number of hydrogen-bond acceptors (Lipinski definition) is 4. The Morgan fingerprint density at radius 2 is 2.27 bits per heavy atom. The van der Waals surface area contributed by atoms with Crippen LogP contribution in [0.4, 0.5) is 4.79 Å². The standard InChI is InChI=1S/C16H20N4O2/c1-11-18-15(22-20-11)9-10-17-16(21)19-14-8-4-6-12-5-2-3-7-13(12)14/h2-3,5,7,14H,4,6,8-10H2,1H3,(H2,17,19,21). The molecule has 0 saturated heterocycles. The molecule has 0 radical (unpaired) electrons. The fraction of sp³-hybridized carbons (Fsp3) is 0.438. The van der Waals surface area contributed by atoms with Gasteiger partial charge in [0, 0.05) is 13.0 Å². The summed E-state index contributed by atoms with van der Waals surface area (Å²) >= 11 is 0. The van der Waals surface area contributed by atoms with Crippen LogP contribution in [-0.4, -0.2) is 22.7 Å². The number of benzene rings is 1. The molecule has 6 nitrogen and oxygen atoms in total. The molecule has 2 N–H and O–H groups in total. The van der Waals surface area contributed by atoms with Crippen LogP contribution in [0.1, 0.15) is 41.7 Å². The number of urea groups is 1. The largest absolute Gasteiger partial charge is 0.339 e. The van der Waals surface area contributed by atoms with Gasteiger partial charge in [-0.2, -0.15) is 4.98 Å². The van der Waals surface area contributed by atoms with E-state index in [1.807, 2.05) is 12.1 Å². The first-order valence-electron chi connectivity index (χ1n) is 7.64. The Morgan fingerprint density at radius 3 is 3.09 bits per heavy atom. The Labute approximate surface area is 129 Å². The highest BCUT2D eigenvalue weighted by Crippen LogP contribution is 2.29. The summed E-state index contributed by atoms with van der Waals surface area (Å²) in [4.78, 5) is 16.1. The summed E-state index contributed by atoms with van der Waals surface area (Å²) in [7, 11) is 0. The zero-order valence-corrected chi connectivity index (χ0v) is 12.6. The average molecular weight is 300 g/mol. The third kappa shape index (κ3) is 3.44. The summed E-state index contributed by atoms with van der Waals surface area (Å²) in [5.41, 5.74) is 2.57. The molecule has 1 atom stereocenters. The van der Waals surface area contributed by atoms with Crippen LogP contribution in [0.5, 0.6) is 0 Å². The fourth-order valence-corrected chi connectivity index (χ4v) is 2.84. The van der Waals surface area contributed by atoms with E-state index in [4.69, 9.17) is 4.52 Å². The third-order valence-corrected chi connectivity index (χ3v) is 3.87. The minimum absolute atomic E-state index is 0.0931. The lowest BCUT2D eigenvalue weighted by molar-refractivity contribution is 0.235. The van der Waals surface area contributed by atoms with Gasteiger partial charge in [0.15, 0.2) is 5.82 Å². The molecule has 1 aromatic carbocycles. The maximum absolute atomic E-state index is 12.0. The first-order chi connectivity index (χ1) is 10.7. The summed E-state index contributed by atoms with van der Waals surface area (Å²) in [6.45, 7) is 2.25. The molecule has 1 heterocycles. The molecule has 3 rings (SSSR count). The molecular formula is C16H20N4O2. The molecule has 1 aromatic heterocycles. The van der Waals surface area contributed by atoms with Crippen molar-refractivity contribution in [2.45, 2.75) is 38.6 Å². The van der Waals surface area contributed by atoms with Gasteiger partial charge in [0.1, 0.15) is 0 Å². The Morgan fingerprint density at radius 1 is 1.41 bits per heavy atom. The number of nitrogens with zero attached hydrogens (tertiary/aromatic N) is 2. The van der Waals surface area contributed by atoms with Gasteiger partial charge < -0.3 is 15.2 Å². The number of aromatic nitrogens is 2. The second-order valence-corrected chi connectivity index (χ2v) is 5.53. The van der Waals surface area contributed by atoms with E-state index >= 15 is 0 Å². The van der Waals surface area contributed by atoms with Crippen molar-refractivity contribution in [2.75, 3.05) is 6.54 Å². The van der Waals surface area contributed by atoms with Crippen molar-refractivity contribution in [3.05, 3.63) is 47.1 Å². The van der Waals surface area contributed by atoms with Crippen molar-refractivity contribution in [2.24, 2.45) is 0 Å². The molecule has 0 spiro atoms. The maximum atomic E-state index is 12.0. The zero-order valence-electron chi connectivity index (χ0n) is 12.6. The molecule has 116 valence electrons. The van der Waals surface area contributed by atoms with Crippen molar-refractivity contribution < 1.29 is 9.32 Å². The van der Waals surface area contributed by atoms with Crippen molar-refractivity contribution in [3.63, 3.8) is 0 Å². The summed E-state index contributed by atoms with van der Waals surface area (Å²) < 4.78 is 5.01. The number of carbonyl (C=O) groups excluding carboxylic acids is 1. The SMILES string of the molecule is Cc1noc(CCNC(=O)NC2CCCc3ccccc32)n1. The summed E-state index contributed by atoms with van der Waals surface area (Å²) in [5.74, 6) is 1.15. The van der Waals surface area contributed by atoms with E-state index in [1.165, 1.54) is 11.1 Å². The van der Waals surface area contributed by atoms with Gasteiger partial charge >= 0.3 is 6.03 Å². The smallest absolute Gasteiger partial charge is 0.315 e. The number of amides is 2. The first-order valence-corrected chi connectivity index (χ1v) is 7.64. The lowest BCUT2D eigenvalue weighted by atomic mass is 9.88. The van der Waals surface area contributed by atoms with E-state index in [9.17, 15) is 4.79 Å². The number of nitrogens with one attached hydrogen (secondary N) is 2. The van der Waals surface area contributed by atoms with Crippen LogP contribution in [0, 0.1) is 6.92 Å². The van der Waals surface area contributed by atoms with Crippen molar-refractivity contribution in [3.8, 4) is 0 Å². The molecule has 0 fully saturated rings. The van der Waals surface area contributed by atoms with Crippen LogP contribution in [-0.2, 0) is 12.8 Å². The van der Waals surface area contributed by atoms with Crippen molar-refractivity contribution >= 4 is 6.03 Å². The molecule has 1 aliphatic rings.